The van der Waals surface area contributed by atoms with Gasteiger partial charge >= 0.3 is 0 Å². The van der Waals surface area contributed by atoms with Crippen molar-refractivity contribution < 1.29 is 14.3 Å². The predicted molar refractivity (Wildman–Crippen MR) is 109 cm³/mol. The van der Waals surface area contributed by atoms with Crippen molar-refractivity contribution in [2.75, 3.05) is 5.32 Å². The lowest BCUT2D eigenvalue weighted by Crippen LogP contribution is -2.15. The topological polar surface area (TPSA) is 88.0 Å². The average Bonchev–Trinajstić information content (AvgIpc) is 3.44. The molecule has 0 radical (unpaired) electrons. The Morgan fingerprint density at radius 1 is 1.24 bits per heavy atom. The predicted octanol–water partition coefficient (Wildman–Crippen LogP) is 4.13. The minimum atomic E-state index is -1.04. The molecule has 3 heterocycles. The van der Waals surface area contributed by atoms with Gasteiger partial charge in [-0.05, 0) is 37.5 Å². The molecule has 0 aromatic carbocycles. The van der Waals surface area contributed by atoms with Crippen molar-refractivity contribution >= 4 is 22.6 Å². The number of aryl methyl sites for hydroxylation is 1. The highest BCUT2D eigenvalue weighted by molar-refractivity contribution is 5.95. The lowest BCUT2D eigenvalue weighted by molar-refractivity contribution is -0.117. The SMILES string of the molecule is CCC[C@H](O)c1cc(C)c(-c2cnc3cc(NC(=O)[C@@H]4C[C@@H]4F)ncc3c2)cn1. The molecule has 0 unspecified atom stereocenters. The largest absolute Gasteiger partial charge is 0.387 e. The van der Waals surface area contributed by atoms with Crippen LogP contribution < -0.4 is 5.32 Å². The Kier molecular flexibility index (Phi) is 5.24. The van der Waals surface area contributed by atoms with Crippen LogP contribution in [0.2, 0.25) is 0 Å². The molecule has 0 saturated heterocycles. The molecule has 0 aliphatic heterocycles. The van der Waals surface area contributed by atoms with Crippen LogP contribution in [-0.2, 0) is 4.79 Å². The van der Waals surface area contributed by atoms with Crippen LogP contribution in [0.3, 0.4) is 0 Å². The number of halogens is 1. The van der Waals surface area contributed by atoms with Gasteiger partial charge in [-0.2, -0.15) is 0 Å². The smallest absolute Gasteiger partial charge is 0.231 e. The van der Waals surface area contributed by atoms with Gasteiger partial charge in [-0.1, -0.05) is 13.3 Å². The molecular formula is C22H23FN4O2. The highest BCUT2D eigenvalue weighted by Crippen LogP contribution is 2.34. The molecular weight excluding hydrogens is 371 g/mol. The molecule has 29 heavy (non-hydrogen) atoms. The molecule has 0 bridgehead atoms. The van der Waals surface area contributed by atoms with Crippen molar-refractivity contribution in [3.8, 4) is 11.1 Å². The lowest BCUT2D eigenvalue weighted by Gasteiger charge is -2.12. The molecule has 4 rings (SSSR count). The van der Waals surface area contributed by atoms with Crippen LogP contribution in [0.15, 0.2) is 36.8 Å². The number of rotatable bonds is 6. The summed E-state index contributed by atoms with van der Waals surface area (Å²) in [6.07, 6.45) is 5.41. The Bertz CT molecular complexity index is 1070. The minimum absolute atomic E-state index is 0.280. The number of anilines is 1. The summed E-state index contributed by atoms with van der Waals surface area (Å²) < 4.78 is 13.0. The number of carbonyl (C=O) groups is 1. The minimum Gasteiger partial charge on any atom is -0.387 e. The fourth-order valence-corrected chi connectivity index (χ4v) is 3.38. The van der Waals surface area contributed by atoms with E-state index in [1.807, 2.05) is 26.0 Å². The number of nitrogens with one attached hydrogen (secondary N) is 1. The van der Waals surface area contributed by atoms with E-state index in [1.165, 1.54) is 0 Å². The van der Waals surface area contributed by atoms with E-state index in [-0.39, 0.29) is 12.3 Å². The first-order chi connectivity index (χ1) is 14.0. The number of hydrogen-bond donors (Lipinski definition) is 2. The molecule has 1 aliphatic carbocycles. The zero-order chi connectivity index (χ0) is 20.5. The number of pyridine rings is 3. The molecule has 7 heteroatoms. The average molecular weight is 394 g/mol. The number of aromatic nitrogens is 3. The van der Waals surface area contributed by atoms with Crippen LogP contribution in [-0.4, -0.2) is 32.1 Å². The molecule has 150 valence electrons. The number of carbonyl (C=O) groups excluding carboxylic acids is 1. The van der Waals surface area contributed by atoms with Gasteiger partial charge in [-0.25, -0.2) is 9.37 Å². The van der Waals surface area contributed by atoms with Crippen molar-refractivity contribution in [3.63, 3.8) is 0 Å². The van der Waals surface area contributed by atoms with E-state index >= 15 is 0 Å². The maximum Gasteiger partial charge on any atom is 0.231 e. The van der Waals surface area contributed by atoms with Crippen LogP contribution in [0.25, 0.3) is 22.0 Å². The number of alkyl halides is 1. The first-order valence-electron chi connectivity index (χ1n) is 9.82. The van der Waals surface area contributed by atoms with Crippen molar-refractivity contribution in [3.05, 3.63) is 48.0 Å². The van der Waals surface area contributed by atoms with E-state index in [2.05, 4.69) is 20.3 Å². The van der Waals surface area contributed by atoms with Crippen molar-refractivity contribution in [1.29, 1.82) is 0 Å². The summed E-state index contributed by atoms with van der Waals surface area (Å²) in [7, 11) is 0. The van der Waals surface area contributed by atoms with Gasteiger partial charge < -0.3 is 10.4 Å². The van der Waals surface area contributed by atoms with E-state index in [0.29, 0.717) is 23.4 Å². The van der Waals surface area contributed by atoms with E-state index in [4.69, 9.17) is 0 Å². The zero-order valence-corrected chi connectivity index (χ0v) is 16.4. The van der Waals surface area contributed by atoms with Crippen LogP contribution in [0.4, 0.5) is 10.2 Å². The molecule has 1 amide bonds. The van der Waals surface area contributed by atoms with Crippen molar-refractivity contribution in [1.82, 2.24) is 15.0 Å². The third-order valence-electron chi connectivity index (χ3n) is 5.21. The Hall–Kier alpha value is -2.93. The number of fused-ring (bicyclic) bond motifs is 1. The fraction of sp³-hybridized carbons (Fsp3) is 0.364. The van der Waals surface area contributed by atoms with E-state index in [9.17, 15) is 14.3 Å². The molecule has 1 fully saturated rings. The zero-order valence-electron chi connectivity index (χ0n) is 16.4. The number of hydrogen-bond acceptors (Lipinski definition) is 5. The molecule has 3 aromatic heterocycles. The van der Waals surface area contributed by atoms with E-state index < -0.39 is 18.2 Å². The van der Waals surface area contributed by atoms with Crippen molar-refractivity contribution in [2.45, 2.75) is 45.4 Å². The molecule has 3 aromatic rings. The fourth-order valence-electron chi connectivity index (χ4n) is 3.38. The summed E-state index contributed by atoms with van der Waals surface area (Å²) in [5.74, 6) is -0.529. The molecule has 3 atom stereocenters. The molecule has 0 spiro atoms. The number of aliphatic hydroxyl groups is 1. The lowest BCUT2D eigenvalue weighted by atomic mass is 10.0. The van der Waals surface area contributed by atoms with Gasteiger partial charge in [0, 0.05) is 41.2 Å². The standard InChI is InChI=1S/C22H23FN4O2/c1-3-4-20(28)19-5-12(2)16(11-25-19)13-6-14-10-26-21(8-18(14)24-9-13)27-22(29)15-7-17(15)23/h5-6,8-11,15,17,20,28H,3-4,7H2,1-2H3,(H,26,27,29)/t15-,17+,20+/m1/s1. The number of aliphatic hydroxyl groups excluding tert-OH is 1. The Balaban J connectivity index is 1.57. The summed E-state index contributed by atoms with van der Waals surface area (Å²) in [6.45, 7) is 4.01. The Morgan fingerprint density at radius 2 is 2.03 bits per heavy atom. The van der Waals surface area contributed by atoms with Crippen LogP contribution in [0, 0.1) is 12.8 Å². The van der Waals surface area contributed by atoms with E-state index in [1.54, 1.807) is 24.7 Å². The number of amides is 1. The van der Waals surface area contributed by atoms with Gasteiger partial charge in [0.05, 0.1) is 23.2 Å². The molecule has 2 N–H and O–H groups in total. The number of nitrogens with zero attached hydrogens (tertiary/aromatic N) is 3. The second kappa shape index (κ2) is 7.83. The summed E-state index contributed by atoms with van der Waals surface area (Å²) in [4.78, 5) is 25.0. The summed E-state index contributed by atoms with van der Waals surface area (Å²) in [6, 6.07) is 5.56. The quantitative estimate of drug-likeness (QED) is 0.656. The second-order valence-electron chi connectivity index (χ2n) is 7.56. The normalized spacial score (nSPS) is 19.2. The molecule has 1 saturated carbocycles. The monoisotopic (exact) mass is 394 g/mol. The summed E-state index contributed by atoms with van der Waals surface area (Å²) >= 11 is 0. The maximum absolute atomic E-state index is 13.0. The van der Waals surface area contributed by atoms with Crippen molar-refractivity contribution in [2.24, 2.45) is 5.92 Å². The first-order valence-corrected chi connectivity index (χ1v) is 9.82. The molecule has 6 nitrogen and oxygen atoms in total. The van der Waals surface area contributed by atoms with Gasteiger partial charge in [-0.15, -0.1) is 0 Å². The van der Waals surface area contributed by atoms with E-state index in [0.717, 1.165) is 28.5 Å². The highest BCUT2D eigenvalue weighted by Gasteiger charge is 2.43. The van der Waals surface area contributed by atoms with Gasteiger partial charge in [0.1, 0.15) is 12.0 Å². The Morgan fingerprint density at radius 3 is 2.72 bits per heavy atom. The third-order valence-corrected chi connectivity index (χ3v) is 5.21. The van der Waals surface area contributed by atoms with Crippen LogP contribution >= 0.6 is 0 Å². The summed E-state index contributed by atoms with van der Waals surface area (Å²) in [5.41, 5.74) is 4.21. The van der Waals surface area contributed by atoms with Gasteiger partial charge in [-0.3, -0.25) is 14.8 Å². The first kappa shape index (κ1) is 19.4. The molecule has 1 aliphatic rings. The van der Waals surface area contributed by atoms with Gasteiger partial charge in [0.25, 0.3) is 0 Å². The van der Waals surface area contributed by atoms with Gasteiger partial charge in [0.15, 0.2) is 0 Å². The highest BCUT2D eigenvalue weighted by atomic mass is 19.1. The maximum atomic E-state index is 13.0. The summed E-state index contributed by atoms with van der Waals surface area (Å²) in [5, 5.41) is 13.6. The van der Waals surface area contributed by atoms with Crippen LogP contribution in [0.5, 0.6) is 0 Å². The third kappa shape index (κ3) is 4.10. The van der Waals surface area contributed by atoms with Crippen LogP contribution in [0.1, 0.15) is 43.5 Å². The second-order valence-corrected chi connectivity index (χ2v) is 7.56. The Labute approximate surface area is 168 Å². The van der Waals surface area contributed by atoms with Gasteiger partial charge in [0.2, 0.25) is 5.91 Å².